The van der Waals surface area contributed by atoms with Crippen molar-refractivity contribution in [1.29, 1.82) is 0 Å². The minimum Gasteiger partial charge on any atom is -0.497 e. The third-order valence-electron chi connectivity index (χ3n) is 8.28. The molecule has 1 saturated heterocycles. The fourth-order valence-electron chi connectivity index (χ4n) is 5.89. The maximum Gasteiger partial charge on any atom is 0.351 e. The van der Waals surface area contributed by atoms with Crippen LogP contribution in [0.1, 0.15) is 39.7 Å². The zero-order valence-corrected chi connectivity index (χ0v) is 26.0. The lowest BCUT2D eigenvalue weighted by Crippen LogP contribution is -2.40. The van der Waals surface area contributed by atoms with Crippen LogP contribution < -0.4 is 20.5 Å². The van der Waals surface area contributed by atoms with E-state index in [1.165, 1.54) is 16.8 Å². The number of aliphatic hydroxyl groups excluding tert-OH is 1. The summed E-state index contributed by atoms with van der Waals surface area (Å²) in [6.07, 6.45) is -0.433. The summed E-state index contributed by atoms with van der Waals surface area (Å²) in [5.41, 5.74) is 1.19. The summed E-state index contributed by atoms with van der Waals surface area (Å²) in [7, 11) is 3.23. The van der Waals surface area contributed by atoms with Gasteiger partial charge in [-0.2, -0.15) is 4.98 Å². The average molecular weight is 634 g/mol. The van der Waals surface area contributed by atoms with E-state index in [9.17, 15) is 14.7 Å². The standard InChI is InChI=1S/C37H35N3O7/c1-44-29-17-13-27(14-18-29)37(26-11-7-4-8-12-26,28-15-19-30(45-2)20-16-28)47-31-23-34(46-32(31)24-41)40-22-21-33(39-36(40)43)38-35(42)25-9-5-3-6-10-25/h3-22,31-32,34,41H,23-24H2,1-2H3,(H,38,39,42,43)/t31-,32+,34-/m0/s1. The van der Waals surface area contributed by atoms with Crippen LogP contribution in [-0.4, -0.2) is 53.6 Å². The molecule has 1 aromatic heterocycles. The smallest absolute Gasteiger partial charge is 0.351 e. The summed E-state index contributed by atoms with van der Waals surface area (Å²) in [4.78, 5) is 29.9. The van der Waals surface area contributed by atoms with Gasteiger partial charge in [-0.25, -0.2) is 4.79 Å². The number of aliphatic hydroxyl groups is 1. The Morgan fingerprint density at radius 1 is 0.851 bits per heavy atom. The van der Waals surface area contributed by atoms with E-state index in [2.05, 4.69) is 10.3 Å². The van der Waals surface area contributed by atoms with Gasteiger partial charge < -0.3 is 29.4 Å². The first-order chi connectivity index (χ1) is 22.9. The first-order valence-electron chi connectivity index (χ1n) is 15.2. The molecule has 10 heteroatoms. The number of hydrogen-bond donors (Lipinski definition) is 2. The molecule has 0 bridgehead atoms. The molecule has 0 spiro atoms. The largest absolute Gasteiger partial charge is 0.497 e. The van der Waals surface area contributed by atoms with Crippen molar-refractivity contribution in [1.82, 2.24) is 9.55 Å². The van der Waals surface area contributed by atoms with Crippen LogP contribution in [0.5, 0.6) is 11.5 Å². The topological polar surface area (TPSA) is 121 Å². The van der Waals surface area contributed by atoms with E-state index in [-0.39, 0.29) is 24.8 Å². The Kier molecular flexibility index (Phi) is 9.44. The Morgan fingerprint density at radius 3 is 1.94 bits per heavy atom. The van der Waals surface area contributed by atoms with Crippen molar-refractivity contribution in [3.05, 3.63) is 154 Å². The molecule has 4 aromatic carbocycles. The highest BCUT2D eigenvalue weighted by molar-refractivity contribution is 6.03. The second kappa shape index (κ2) is 14.0. The van der Waals surface area contributed by atoms with Crippen molar-refractivity contribution in [3.8, 4) is 11.5 Å². The highest BCUT2D eigenvalue weighted by Gasteiger charge is 2.46. The molecule has 2 heterocycles. The van der Waals surface area contributed by atoms with E-state index in [0.29, 0.717) is 17.1 Å². The van der Waals surface area contributed by atoms with E-state index in [1.54, 1.807) is 38.5 Å². The van der Waals surface area contributed by atoms with E-state index < -0.39 is 29.7 Å². The summed E-state index contributed by atoms with van der Waals surface area (Å²) in [6, 6.07) is 35.3. The summed E-state index contributed by atoms with van der Waals surface area (Å²) in [5, 5.41) is 13.1. The number of anilines is 1. The van der Waals surface area contributed by atoms with Gasteiger partial charge >= 0.3 is 5.69 Å². The number of rotatable bonds is 11. The number of benzene rings is 4. The van der Waals surface area contributed by atoms with Crippen LogP contribution >= 0.6 is 0 Å². The van der Waals surface area contributed by atoms with E-state index in [0.717, 1.165) is 16.7 Å². The third-order valence-corrected chi connectivity index (χ3v) is 8.28. The number of carbonyl (C=O) groups excluding carboxylic acids is 1. The molecule has 5 aromatic rings. The first-order valence-corrected chi connectivity index (χ1v) is 15.2. The van der Waals surface area contributed by atoms with E-state index >= 15 is 0 Å². The quantitative estimate of drug-likeness (QED) is 0.191. The minimum atomic E-state index is -1.15. The number of methoxy groups -OCH3 is 2. The van der Waals surface area contributed by atoms with Gasteiger partial charge in [-0.1, -0.05) is 72.8 Å². The van der Waals surface area contributed by atoms with Gasteiger partial charge in [-0.05, 0) is 59.2 Å². The molecule has 1 amide bonds. The van der Waals surface area contributed by atoms with Crippen molar-refractivity contribution in [3.63, 3.8) is 0 Å². The van der Waals surface area contributed by atoms with Crippen LogP contribution in [0.25, 0.3) is 0 Å². The maximum absolute atomic E-state index is 13.2. The lowest BCUT2D eigenvalue weighted by atomic mass is 9.79. The van der Waals surface area contributed by atoms with Gasteiger partial charge in [0, 0.05) is 18.2 Å². The van der Waals surface area contributed by atoms with Crippen LogP contribution in [0.4, 0.5) is 5.82 Å². The molecule has 0 unspecified atom stereocenters. The van der Waals surface area contributed by atoms with Crippen molar-refractivity contribution >= 4 is 11.7 Å². The molecule has 0 aliphatic carbocycles. The number of nitrogens with zero attached hydrogens (tertiary/aromatic N) is 2. The molecule has 1 fully saturated rings. The zero-order chi connectivity index (χ0) is 32.8. The Labute approximate surface area is 272 Å². The van der Waals surface area contributed by atoms with Gasteiger partial charge in [0.25, 0.3) is 5.91 Å². The number of nitrogens with one attached hydrogen (secondary N) is 1. The van der Waals surface area contributed by atoms with Crippen LogP contribution in [-0.2, 0) is 15.1 Å². The Balaban J connectivity index is 1.35. The van der Waals surface area contributed by atoms with Crippen molar-refractivity contribution in [2.24, 2.45) is 0 Å². The van der Waals surface area contributed by atoms with Gasteiger partial charge in [0.1, 0.15) is 35.2 Å². The van der Waals surface area contributed by atoms with Crippen LogP contribution in [0.3, 0.4) is 0 Å². The highest BCUT2D eigenvalue weighted by atomic mass is 16.6. The summed E-state index contributed by atoms with van der Waals surface area (Å²) >= 11 is 0. The molecule has 2 N–H and O–H groups in total. The molecular formula is C37H35N3O7. The lowest BCUT2D eigenvalue weighted by Gasteiger charge is -2.39. The average Bonchev–Trinajstić information content (AvgIpc) is 3.53. The monoisotopic (exact) mass is 633 g/mol. The number of amides is 1. The number of carbonyl (C=O) groups is 1. The predicted molar refractivity (Wildman–Crippen MR) is 176 cm³/mol. The lowest BCUT2D eigenvalue weighted by molar-refractivity contribution is -0.0994. The van der Waals surface area contributed by atoms with Gasteiger partial charge in [0.2, 0.25) is 0 Å². The highest BCUT2D eigenvalue weighted by Crippen LogP contribution is 2.45. The Morgan fingerprint density at radius 2 is 1.40 bits per heavy atom. The second-order valence-electron chi connectivity index (χ2n) is 11.0. The SMILES string of the molecule is COc1ccc(C(O[C@H]2C[C@@H](n3ccc(NC(=O)c4ccccc4)nc3=O)O[C@@H]2CO)(c2ccccc2)c2ccc(OC)cc2)cc1. The van der Waals surface area contributed by atoms with Crippen LogP contribution in [0, 0.1) is 0 Å². The summed E-state index contributed by atoms with van der Waals surface area (Å²) < 4.78 is 25.6. The van der Waals surface area contributed by atoms with E-state index in [1.807, 2.05) is 84.9 Å². The summed E-state index contributed by atoms with van der Waals surface area (Å²) in [5.74, 6) is 1.12. The minimum absolute atomic E-state index is 0.117. The molecule has 3 atom stereocenters. The van der Waals surface area contributed by atoms with Gasteiger partial charge in [-0.3, -0.25) is 9.36 Å². The van der Waals surface area contributed by atoms with Gasteiger partial charge in [0.15, 0.2) is 0 Å². The normalized spacial score (nSPS) is 17.6. The number of ether oxygens (including phenoxy) is 4. The Hall–Kier alpha value is -5.29. The van der Waals surface area contributed by atoms with Gasteiger partial charge in [-0.15, -0.1) is 0 Å². The summed E-state index contributed by atoms with van der Waals surface area (Å²) in [6.45, 7) is -0.343. The molecule has 0 radical (unpaired) electrons. The molecule has 1 aliphatic rings. The van der Waals surface area contributed by atoms with Crippen LogP contribution in [0.2, 0.25) is 0 Å². The molecule has 6 rings (SSSR count). The molecule has 240 valence electrons. The fourth-order valence-corrected chi connectivity index (χ4v) is 5.89. The molecule has 47 heavy (non-hydrogen) atoms. The van der Waals surface area contributed by atoms with Gasteiger partial charge in [0.05, 0.1) is 26.9 Å². The van der Waals surface area contributed by atoms with E-state index in [4.69, 9.17) is 18.9 Å². The van der Waals surface area contributed by atoms with Crippen LogP contribution in [0.15, 0.2) is 126 Å². The zero-order valence-electron chi connectivity index (χ0n) is 26.0. The van der Waals surface area contributed by atoms with Crippen molar-refractivity contribution < 1.29 is 28.8 Å². The molecule has 0 saturated carbocycles. The predicted octanol–water partition coefficient (Wildman–Crippen LogP) is 5.17. The third kappa shape index (κ3) is 6.52. The van der Waals surface area contributed by atoms with Crippen molar-refractivity contribution in [2.75, 3.05) is 26.1 Å². The second-order valence-corrected chi connectivity index (χ2v) is 11.0. The van der Waals surface area contributed by atoms with Crippen molar-refractivity contribution in [2.45, 2.75) is 30.5 Å². The number of hydrogen-bond acceptors (Lipinski definition) is 8. The molecule has 1 aliphatic heterocycles. The number of aromatic nitrogens is 2. The molecule has 10 nitrogen and oxygen atoms in total. The fraction of sp³-hybridized carbons (Fsp3) is 0.216. The Bertz CT molecular complexity index is 1800. The first kappa shape index (κ1) is 31.7. The maximum atomic E-state index is 13.2. The molecular weight excluding hydrogens is 598 g/mol.